The summed E-state index contributed by atoms with van der Waals surface area (Å²) in [6.07, 6.45) is 3.48. The molecular formula is C49H77N9O18. The summed E-state index contributed by atoms with van der Waals surface area (Å²) in [5, 5.41) is 68.5. The third-order valence-electron chi connectivity index (χ3n) is 12.1. The van der Waals surface area contributed by atoms with Gasteiger partial charge in [0.25, 0.3) is 0 Å². The van der Waals surface area contributed by atoms with E-state index < -0.39 is 78.8 Å². The standard InChI is InChI=1S/C49H77N9O18/c59-39(50-20-10-8-14-36(46(70)71)53-49(75)54-37(47(72)73)18-19-42(62)63)16-6-1-2-7-17-40(60)52-38(48(74)76-34-35-12-4-3-5-13-35)15-9-11-21-51-41(61)30-55-22-24-56(31-43(64)65)26-28-58(33-45(68)69)29-27-57(25-23-55)32-44(66)67/h3-5,12-13,36-38H,1-2,6-11,14-34H2,(H,50,59)(H,51,61)(H,52,60)(H,62,63)(H,64,65)(H,66,67)(H,68,69)(H,70,71)(H,72,73)(H2,53,54,75)/t36-,37-,38-/m0/s1. The van der Waals surface area contributed by atoms with Crippen LogP contribution in [0.1, 0.15) is 95.5 Å². The lowest BCUT2D eigenvalue weighted by atomic mass is 10.1. The van der Waals surface area contributed by atoms with Gasteiger partial charge in [-0.25, -0.2) is 19.2 Å². The largest absolute Gasteiger partial charge is 0.481 e. The van der Waals surface area contributed by atoms with Crippen molar-refractivity contribution in [1.82, 2.24) is 46.2 Å². The second-order valence-corrected chi connectivity index (χ2v) is 18.4. The third kappa shape index (κ3) is 31.7. The predicted molar refractivity (Wildman–Crippen MR) is 270 cm³/mol. The Hall–Kier alpha value is -6.97. The number of nitrogens with zero attached hydrogens (tertiary/aromatic N) is 4. The summed E-state index contributed by atoms with van der Waals surface area (Å²) in [5.74, 6) is -8.79. The summed E-state index contributed by atoms with van der Waals surface area (Å²) in [6.45, 7) is 1.60. The fourth-order valence-corrected chi connectivity index (χ4v) is 7.94. The molecule has 426 valence electrons. The molecule has 1 aliphatic heterocycles. The van der Waals surface area contributed by atoms with Crippen molar-refractivity contribution < 1.29 is 88.1 Å². The van der Waals surface area contributed by atoms with Crippen LogP contribution in [0.5, 0.6) is 0 Å². The summed E-state index contributed by atoms with van der Waals surface area (Å²) < 4.78 is 5.55. The molecule has 0 radical (unpaired) electrons. The minimum atomic E-state index is -1.53. The number of carboxylic acid groups (broad SMARTS) is 6. The van der Waals surface area contributed by atoms with Gasteiger partial charge in [0.1, 0.15) is 24.7 Å². The first-order valence-corrected chi connectivity index (χ1v) is 25.5. The van der Waals surface area contributed by atoms with Gasteiger partial charge in [0.2, 0.25) is 17.7 Å². The summed E-state index contributed by atoms with van der Waals surface area (Å²) in [4.78, 5) is 139. The zero-order valence-electron chi connectivity index (χ0n) is 43.0. The average molecular weight is 1080 g/mol. The Balaban J connectivity index is 1.81. The van der Waals surface area contributed by atoms with E-state index in [4.69, 9.17) is 9.84 Å². The molecule has 0 bridgehead atoms. The number of hydrogen-bond donors (Lipinski definition) is 11. The normalized spacial score (nSPS) is 15.3. The van der Waals surface area contributed by atoms with Crippen molar-refractivity contribution in [3.05, 3.63) is 35.9 Å². The maximum Gasteiger partial charge on any atom is 0.328 e. The lowest BCUT2D eigenvalue weighted by Gasteiger charge is -2.32. The number of rotatable bonds is 36. The van der Waals surface area contributed by atoms with Gasteiger partial charge in [-0.3, -0.25) is 53.2 Å². The number of urea groups is 1. The molecule has 27 heteroatoms. The highest BCUT2D eigenvalue weighted by Crippen LogP contribution is 2.11. The van der Waals surface area contributed by atoms with Gasteiger partial charge in [0.05, 0.1) is 26.2 Å². The van der Waals surface area contributed by atoms with Crippen LogP contribution in [-0.2, 0) is 59.3 Å². The van der Waals surface area contributed by atoms with Crippen LogP contribution in [0.3, 0.4) is 0 Å². The van der Waals surface area contributed by atoms with Gasteiger partial charge in [0, 0.05) is 84.7 Å². The topological polar surface area (TPSA) is 391 Å². The zero-order valence-corrected chi connectivity index (χ0v) is 43.0. The maximum absolute atomic E-state index is 13.3. The Kier molecular flexibility index (Phi) is 32.3. The van der Waals surface area contributed by atoms with E-state index in [0.717, 1.165) is 5.56 Å². The molecule has 11 N–H and O–H groups in total. The summed E-state index contributed by atoms with van der Waals surface area (Å²) >= 11 is 0. The number of carboxylic acids is 6. The monoisotopic (exact) mass is 1080 g/mol. The lowest BCUT2D eigenvalue weighted by Crippen LogP contribution is -2.51. The number of carbonyl (C=O) groups excluding carboxylic acids is 5. The van der Waals surface area contributed by atoms with Gasteiger partial charge in [-0.1, -0.05) is 43.2 Å². The second-order valence-electron chi connectivity index (χ2n) is 18.4. The van der Waals surface area contributed by atoms with Gasteiger partial charge >= 0.3 is 47.8 Å². The number of unbranched alkanes of at least 4 members (excludes halogenated alkanes) is 5. The van der Waals surface area contributed by atoms with Gasteiger partial charge in [0.15, 0.2) is 0 Å². The summed E-state index contributed by atoms with van der Waals surface area (Å²) in [5.41, 5.74) is 0.759. The van der Waals surface area contributed by atoms with Crippen molar-refractivity contribution in [2.24, 2.45) is 0 Å². The van der Waals surface area contributed by atoms with Crippen molar-refractivity contribution in [2.75, 3.05) is 91.6 Å². The SMILES string of the molecule is O=C(O)CC[C@H](NC(=O)N[C@@H](CCCCNC(=O)CCCCCCC(=O)N[C@@H](CCCCNC(=O)CN1CCN(CC(=O)O)CCN(CC(=O)O)CCN(CC(=O)O)CC1)C(=O)OCc1ccccc1)C(=O)O)C(=O)O. The van der Waals surface area contributed by atoms with Crippen molar-refractivity contribution in [1.29, 1.82) is 0 Å². The van der Waals surface area contributed by atoms with Crippen LogP contribution < -0.4 is 26.6 Å². The number of nitrogens with one attached hydrogen (secondary N) is 5. The molecular weight excluding hydrogens is 1000 g/mol. The summed E-state index contributed by atoms with van der Waals surface area (Å²) in [7, 11) is 0. The smallest absolute Gasteiger partial charge is 0.328 e. The van der Waals surface area contributed by atoms with Gasteiger partial charge in [-0.05, 0) is 63.4 Å². The molecule has 1 fully saturated rings. The third-order valence-corrected chi connectivity index (χ3v) is 12.1. The molecule has 3 atom stereocenters. The highest BCUT2D eigenvalue weighted by molar-refractivity contribution is 5.86. The predicted octanol–water partition coefficient (Wildman–Crippen LogP) is -0.326. The van der Waals surface area contributed by atoms with Gasteiger partial charge in [-0.15, -0.1) is 0 Å². The molecule has 0 spiro atoms. The van der Waals surface area contributed by atoms with Crippen LogP contribution >= 0.6 is 0 Å². The van der Waals surface area contributed by atoms with Crippen LogP contribution in [-0.4, -0.2) is 226 Å². The Morgan fingerprint density at radius 3 is 1.30 bits per heavy atom. The Bertz CT molecular complexity index is 2000. The fourth-order valence-electron chi connectivity index (χ4n) is 7.94. The molecule has 76 heavy (non-hydrogen) atoms. The van der Waals surface area contributed by atoms with E-state index in [1.54, 1.807) is 39.0 Å². The van der Waals surface area contributed by atoms with Crippen molar-refractivity contribution in [2.45, 2.75) is 115 Å². The molecule has 1 saturated heterocycles. The number of amides is 5. The van der Waals surface area contributed by atoms with E-state index in [1.165, 1.54) is 0 Å². The molecule has 1 heterocycles. The van der Waals surface area contributed by atoms with Crippen molar-refractivity contribution in [3.63, 3.8) is 0 Å². The Labute approximate surface area is 441 Å². The van der Waals surface area contributed by atoms with Gasteiger partial charge < -0.3 is 62.0 Å². The van der Waals surface area contributed by atoms with E-state index in [-0.39, 0.29) is 142 Å². The van der Waals surface area contributed by atoms with Crippen LogP contribution in [0.15, 0.2) is 30.3 Å². The number of benzene rings is 1. The molecule has 27 nitrogen and oxygen atoms in total. The molecule has 0 aliphatic carbocycles. The van der Waals surface area contributed by atoms with Crippen LogP contribution in [0.2, 0.25) is 0 Å². The number of carbonyl (C=O) groups is 11. The molecule has 5 amide bonds. The number of ether oxygens (including phenoxy) is 1. The van der Waals surface area contributed by atoms with E-state index in [9.17, 15) is 78.3 Å². The quantitative estimate of drug-likeness (QED) is 0.0303. The average Bonchev–Trinajstić information content (AvgIpc) is 3.34. The first-order chi connectivity index (χ1) is 36.2. The Morgan fingerprint density at radius 2 is 0.855 bits per heavy atom. The molecule has 1 aromatic rings. The molecule has 1 aliphatic rings. The minimum Gasteiger partial charge on any atom is -0.481 e. The molecule has 1 aromatic carbocycles. The van der Waals surface area contributed by atoms with E-state index in [2.05, 4.69) is 26.6 Å². The van der Waals surface area contributed by atoms with Crippen LogP contribution in [0.4, 0.5) is 4.79 Å². The number of esters is 1. The molecule has 0 saturated carbocycles. The molecule has 0 aromatic heterocycles. The maximum atomic E-state index is 13.3. The highest BCUT2D eigenvalue weighted by atomic mass is 16.5. The van der Waals surface area contributed by atoms with Crippen molar-refractivity contribution in [3.8, 4) is 0 Å². The van der Waals surface area contributed by atoms with Gasteiger partial charge in [-0.2, -0.15) is 0 Å². The first kappa shape index (κ1) is 65.1. The second kappa shape index (κ2) is 37.7. The van der Waals surface area contributed by atoms with Crippen LogP contribution in [0.25, 0.3) is 0 Å². The molecule has 2 rings (SSSR count). The van der Waals surface area contributed by atoms with E-state index >= 15 is 0 Å². The highest BCUT2D eigenvalue weighted by Gasteiger charge is 2.26. The summed E-state index contributed by atoms with van der Waals surface area (Å²) in [6, 6.07) is 4.11. The van der Waals surface area contributed by atoms with E-state index in [1.807, 2.05) is 11.0 Å². The first-order valence-electron chi connectivity index (χ1n) is 25.5. The van der Waals surface area contributed by atoms with E-state index in [0.29, 0.717) is 51.4 Å². The zero-order chi connectivity index (χ0) is 56.3. The molecule has 0 unspecified atom stereocenters. The minimum absolute atomic E-state index is 0.00193. The Morgan fingerprint density at radius 1 is 0.434 bits per heavy atom. The lowest BCUT2D eigenvalue weighted by molar-refractivity contribution is -0.149. The fraction of sp³-hybridized carbons (Fsp3) is 0.653. The number of aliphatic carboxylic acids is 6. The number of hydrogen-bond acceptors (Lipinski definition) is 16. The van der Waals surface area contributed by atoms with Crippen molar-refractivity contribution >= 4 is 65.5 Å². The van der Waals surface area contributed by atoms with Crippen LogP contribution in [0, 0.1) is 0 Å².